The summed E-state index contributed by atoms with van der Waals surface area (Å²) in [5.74, 6) is 0.303. The summed E-state index contributed by atoms with van der Waals surface area (Å²) in [6, 6.07) is 2.22. The number of aryl methyl sites for hydroxylation is 1. The summed E-state index contributed by atoms with van der Waals surface area (Å²) < 4.78 is 0. The standard InChI is InChI=1S/C20H28N2O2S/c23-19(9-6-16-10-11-25-14-16)22-18-8-7-17(12-18)20(24)21-13-15-4-2-1-3-5-15/h4,10-11,14,17-18H,1-3,5-9,12-13H2,(H,21,24)(H,22,23)/t17-,18+/m1/s1. The molecule has 1 fully saturated rings. The number of allylic oxidation sites excluding steroid dienone is 1. The summed E-state index contributed by atoms with van der Waals surface area (Å²) >= 11 is 1.66. The Morgan fingerprint density at radius 1 is 1.24 bits per heavy atom. The monoisotopic (exact) mass is 360 g/mol. The van der Waals surface area contributed by atoms with Crippen molar-refractivity contribution in [2.24, 2.45) is 5.92 Å². The Morgan fingerprint density at radius 2 is 2.16 bits per heavy atom. The highest BCUT2D eigenvalue weighted by Crippen LogP contribution is 2.26. The maximum Gasteiger partial charge on any atom is 0.223 e. The Kier molecular flexibility index (Phi) is 6.68. The van der Waals surface area contributed by atoms with Gasteiger partial charge in [0, 0.05) is 24.9 Å². The number of carbonyl (C=O) groups excluding carboxylic acids is 2. The van der Waals surface area contributed by atoms with Gasteiger partial charge in [-0.2, -0.15) is 11.3 Å². The highest BCUT2D eigenvalue weighted by Gasteiger charge is 2.30. The highest BCUT2D eigenvalue weighted by atomic mass is 32.1. The fraction of sp³-hybridized carbons (Fsp3) is 0.600. The van der Waals surface area contributed by atoms with Crippen LogP contribution < -0.4 is 10.6 Å². The molecular weight excluding hydrogens is 332 g/mol. The lowest BCUT2D eigenvalue weighted by Gasteiger charge is -2.16. The highest BCUT2D eigenvalue weighted by molar-refractivity contribution is 7.07. The Morgan fingerprint density at radius 3 is 2.92 bits per heavy atom. The van der Waals surface area contributed by atoms with Crippen LogP contribution in [0.2, 0.25) is 0 Å². The van der Waals surface area contributed by atoms with E-state index in [-0.39, 0.29) is 23.8 Å². The van der Waals surface area contributed by atoms with Gasteiger partial charge in [0.2, 0.25) is 11.8 Å². The third-order valence-corrected chi connectivity index (χ3v) is 6.00. The van der Waals surface area contributed by atoms with E-state index in [0.717, 1.165) is 38.5 Å². The summed E-state index contributed by atoms with van der Waals surface area (Å²) in [4.78, 5) is 24.4. The minimum atomic E-state index is 0.0476. The van der Waals surface area contributed by atoms with Crippen molar-refractivity contribution in [3.63, 3.8) is 0 Å². The first-order valence-corrected chi connectivity index (χ1v) is 10.4. The molecule has 2 aliphatic rings. The van der Waals surface area contributed by atoms with Crippen LogP contribution in [0, 0.1) is 5.92 Å². The van der Waals surface area contributed by atoms with Gasteiger partial charge >= 0.3 is 0 Å². The molecule has 1 saturated carbocycles. The number of amides is 2. The largest absolute Gasteiger partial charge is 0.353 e. The molecule has 0 spiro atoms. The molecule has 0 unspecified atom stereocenters. The Balaban J connectivity index is 1.35. The molecule has 1 aromatic heterocycles. The van der Waals surface area contributed by atoms with Crippen molar-refractivity contribution >= 4 is 23.2 Å². The lowest BCUT2D eigenvalue weighted by Crippen LogP contribution is -2.35. The molecule has 0 saturated heterocycles. The van der Waals surface area contributed by atoms with Gasteiger partial charge in [0.05, 0.1) is 0 Å². The van der Waals surface area contributed by atoms with Gasteiger partial charge in [0.25, 0.3) is 0 Å². The number of hydrogen-bond acceptors (Lipinski definition) is 3. The van der Waals surface area contributed by atoms with Crippen molar-refractivity contribution in [2.45, 2.75) is 63.8 Å². The average molecular weight is 361 g/mol. The first-order chi connectivity index (χ1) is 12.2. The molecule has 0 radical (unpaired) electrons. The molecule has 2 atom stereocenters. The van der Waals surface area contributed by atoms with E-state index < -0.39 is 0 Å². The molecule has 1 heterocycles. The summed E-state index contributed by atoms with van der Waals surface area (Å²) in [5, 5.41) is 10.3. The van der Waals surface area contributed by atoms with Gasteiger partial charge < -0.3 is 10.6 Å². The van der Waals surface area contributed by atoms with Gasteiger partial charge in [0.1, 0.15) is 0 Å². The predicted octanol–water partition coefficient (Wildman–Crippen LogP) is 3.58. The molecule has 25 heavy (non-hydrogen) atoms. The molecule has 2 amide bonds. The first-order valence-electron chi connectivity index (χ1n) is 9.47. The number of nitrogens with one attached hydrogen (secondary N) is 2. The smallest absolute Gasteiger partial charge is 0.223 e. The van der Waals surface area contributed by atoms with E-state index >= 15 is 0 Å². The number of hydrogen-bond donors (Lipinski definition) is 2. The Bertz CT molecular complexity index is 609. The number of thiophene rings is 1. The summed E-state index contributed by atoms with van der Waals surface area (Å²) in [5.41, 5.74) is 2.59. The lowest BCUT2D eigenvalue weighted by molar-refractivity contribution is -0.125. The van der Waals surface area contributed by atoms with E-state index in [2.05, 4.69) is 28.2 Å². The third kappa shape index (κ3) is 5.70. The Hall–Kier alpha value is -1.62. The minimum absolute atomic E-state index is 0.0476. The fourth-order valence-corrected chi connectivity index (χ4v) is 4.46. The normalized spacial score (nSPS) is 23.1. The van der Waals surface area contributed by atoms with E-state index in [9.17, 15) is 9.59 Å². The topological polar surface area (TPSA) is 58.2 Å². The van der Waals surface area contributed by atoms with Gasteiger partial charge in [-0.05, 0) is 73.8 Å². The van der Waals surface area contributed by atoms with E-state index in [1.54, 1.807) is 11.3 Å². The van der Waals surface area contributed by atoms with Gasteiger partial charge in [-0.25, -0.2) is 0 Å². The summed E-state index contributed by atoms with van der Waals surface area (Å²) in [6.45, 7) is 0.701. The first kappa shape index (κ1) is 18.2. The molecule has 2 aliphatic carbocycles. The molecule has 4 nitrogen and oxygen atoms in total. The fourth-order valence-electron chi connectivity index (χ4n) is 3.75. The van der Waals surface area contributed by atoms with Crippen molar-refractivity contribution in [2.75, 3.05) is 6.54 Å². The number of carbonyl (C=O) groups is 2. The van der Waals surface area contributed by atoms with Crippen molar-refractivity contribution in [3.8, 4) is 0 Å². The van der Waals surface area contributed by atoms with Gasteiger partial charge in [-0.15, -0.1) is 0 Å². The average Bonchev–Trinajstić information content (AvgIpc) is 3.31. The second-order valence-corrected chi connectivity index (χ2v) is 8.01. The van der Waals surface area contributed by atoms with Crippen LogP contribution in [-0.2, 0) is 16.0 Å². The van der Waals surface area contributed by atoms with Crippen LogP contribution in [0.3, 0.4) is 0 Å². The molecule has 0 bridgehead atoms. The number of rotatable bonds is 7. The molecule has 2 N–H and O–H groups in total. The SMILES string of the molecule is O=C(CCc1ccsc1)N[C@H]1CC[C@@H](C(=O)NCC2=CCCCC2)C1. The second kappa shape index (κ2) is 9.18. The molecular formula is C20H28N2O2S. The van der Waals surface area contributed by atoms with Gasteiger partial charge in [-0.1, -0.05) is 11.6 Å². The van der Waals surface area contributed by atoms with E-state index in [0.29, 0.717) is 13.0 Å². The molecule has 5 heteroatoms. The predicted molar refractivity (Wildman–Crippen MR) is 101 cm³/mol. The molecule has 136 valence electrons. The Labute approximate surface area is 154 Å². The van der Waals surface area contributed by atoms with Crippen LogP contribution in [0.4, 0.5) is 0 Å². The zero-order valence-electron chi connectivity index (χ0n) is 14.8. The van der Waals surface area contributed by atoms with Crippen LogP contribution in [0.25, 0.3) is 0 Å². The van der Waals surface area contributed by atoms with E-state index in [1.807, 2.05) is 5.38 Å². The third-order valence-electron chi connectivity index (χ3n) is 5.26. The quantitative estimate of drug-likeness (QED) is 0.730. The van der Waals surface area contributed by atoms with E-state index in [4.69, 9.17) is 0 Å². The molecule has 0 aliphatic heterocycles. The molecule has 3 rings (SSSR count). The van der Waals surface area contributed by atoms with Crippen LogP contribution in [0.1, 0.15) is 56.9 Å². The van der Waals surface area contributed by atoms with Crippen molar-refractivity contribution in [3.05, 3.63) is 34.0 Å². The lowest BCUT2D eigenvalue weighted by atomic mass is 9.99. The molecule has 1 aromatic rings. The van der Waals surface area contributed by atoms with Crippen LogP contribution in [-0.4, -0.2) is 24.4 Å². The van der Waals surface area contributed by atoms with Crippen molar-refractivity contribution < 1.29 is 9.59 Å². The van der Waals surface area contributed by atoms with Crippen LogP contribution in [0.15, 0.2) is 28.5 Å². The van der Waals surface area contributed by atoms with Crippen LogP contribution >= 0.6 is 11.3 Å². The van der Waals surface area contributed by atoms with Gasteiger partial charge in [0.15, 0.2) is 0 Å². The van der Waals surface area contributed by atoms with Crippen molar-refractivity contribution in [1.29, 1.82) is 0 Å². The second-order valence-electron chi connectivity index (χ2n) is 7.23. The van der Waals surface area contributed by atoms with E-state index in [1.165, 1.54) is 24.0 Å². The van der Waals surface area contributed by atoms with Crippen molar-refractivity contribution in [1.82, 2.24) is 10.6 Å². The van der Waals surface area contributed by atoms with Gasteiger partial charge in [-0.3, -0.25) is 9.59 Å². The summed E-state index contributed by atoms with van der Waals surface area (Å²) in [7, 11) is 0. The van der Waals surface area contributed by atoms with Crippen LogP contribution in [0.5, 0.6) is 0 Å². The maximum absolute atomic E-state index is 12.4. The maximum atomic E-state index is 12.4. The zero-order chi connectivity index (χ0) is 17.5. The zero-order valence-corrected chi connectivity index (χ0v) is 15.6. The summed E-state index contributed by atoms with van der Waals surface area (Å²) in [6.07, 6.45) is 10.9. The molecule has 0 aromatic carbocycles. The minimum Gasteiger partial charge on any atom is -0.353 e.